The Morgan fingerprint density at radius 3 is 2.67 bits per heavy atom. The van der Waals surface area contributed by atoms with E-state index in [-0.39, 0.29) is 0 Å². The molecule has 0 saturated heterocycles. The van der Waals surface area contributed by atoms with E-state index in [0.717, 1.165) is 12.2 Å². The molecule has 5 heteroatoms. The van der Waals surface area contributed by atoms with Gasteiger partial charge in [0.1, 0.15) is 0 Å². The van der Waals surface area contributed by atoms with Gasteiger partial charge >= 0.3 is 0 Å². The van der Waals surface area contributed by atoms with Gasteiger partial charge in [-0.2, -0.15) is 12.6 Å². The van der Waals surface area contributed by atoms with Crippen molar-refractivity contribution in [1.82, 2.24) is 0 Å². The van der Waals surface area contributed by atoms with Crippen LogP contribution < -0.4 is 0 Å². The molecule has 2 aromatic heterocycles. The molecule has 3 rings (SSSR count). The largest absolute Gasteiger partial charge is 0.151 e. The van der Waals surface area contributed by atoms with E-state index < -0.39 is 0 Å². The monoisotopic (exact) mass is 442 g/mol. The first-order chi connectivity index (χ1) is 13.3. The lowest BCUT2D eigenvalue weighted by molar-refractivity contribution is 1.37. The Bertz CT molecular complexity index is 984. The van der Waals surface area contributed by atoms with Gasteiger partial charge in [0, 0.05) is 31.7 Å². The van der Waals surface area contributed by atoms with E-state index in [1.807, 2.05) is 40.9 Å². The lowest BCUT2D eigenvalue weighted by atomic mass is 10.3. The molecule has 0 spiro atoms. The third-order valence-electron chi connectivity index (χ3n) is 3.45. The van der Waals surface area contributed by atoms with E-state index in [2.05, 4.69) is 66.4 Å². The predicted molar refractivity (Wildman–Crippen MR) is 132 cm³/mol. The highest BCUT2D eigenvalue weighted by Gasteiger charge is 2.13. The van der Waals surface area contributed by atoms with E-state index in [0.29, 0.717) is 0 Å². The zero-order chi connectivity index (χ0) is 18.9. The molecule has 0 aliphatic carbocycles. The Morgan fingerprint density at radius 2 is 1.81 bits per heavy atom. The highest BCUT2D eigenvalue weighted by atomic mass is 32.2. The molecule has 2 aromatic rings. The van der Waals surface area contributed by atoms with Crippen LogP contribution in [-0.2, 0) is 5.75 Å². The molecule has 1 aliphatic rings. The molecule has 27 heavy (non-hydrogen) atoms. The first-order valence-corrected chi connectivity index (χ1v) is 12.3. The van der Waals surface area contributed by atoms with Crippen molar-refractivity contribution in [2.24, 2.45) is 0 Å². The summed E-state index contributed by atoms with van der Waals surface area (Å²) in [6, 6.07) is 8.86. The number of hydrogen-bond acceptors (Lipinski definition) is 5. The average Bonchev–Trinajstić information content (AvgIpc) is 3.42. The zero-order valence-corrected chi connectivity index (χ0v) is 18.7. The van der Waals surface area contributed by atoms with Crippen molar-refractivity contribution >= 4 is 63.7 Å². The van der Waals surface area contributed by atoms with Crippen molar-refractivity contribution in [2.45, 2.75) is 12.2 Å². The molecule has 0 fully saturated rings. The van der Waals surface area contributed by atoms with E-state index in [1.54, 1.807) is 35.0 Å². The van der Waals surface area contributed by atoms with Crippen LogP contribution in [0.5, 0.6) is 0 Å². The molecule has 0 nitrogen and oxygen atoms in total. The Balaban J connectivity index is 1.63. The fraction of sp³-hybridized carbons (Fsp3) is 0.0909. The molecule has 3 heterocycles. The third kappa shape index (κ3) is 6.10. The van der Waals surface area contributed by atoms with Gasteiger partial charge in [0.2, 0.25) is 0 Å². The molecule has 136 valence electrons. The maximum atomic E-state index is 4.04. The van der Waals surface area contributed by atoms with E-state index in [1.165, 1.54) is 29.3 Å². The number of thiol groups is 1. The second-order valence-electron chi connectivity index (χ2n) is 5.38. The highest BCUT2D eigenvalue weighted by Crippen LogP contribution is 2.43. The minimum atomic E-state index is 0.879. The van der Waals surface area contributed by atoms with Gasteiger partial charge in [0.05, 0.1) is 9.78 Å². The van der Waals surface area contributed by atoms with Gasteiger partial charge in [-0.1, -0.05) is 60.2 Å². The summed E-state index contributed by atoms with van der Waals surface area (Å²) in [6.07, 6.45) is 10.7. The molecular formula is C22H18S5. The van der Waals surface area contributed by atoms with Gasteiger partial charge in [0.25, 0.3) is 0 Å². The van der Waals surface area contributed by atoms with Crippen LogP contribution in [-0.4, -0.2) is 0 Å². The smallest absolute Gasteiger partial charge is 0.0801 e. The summed E-state index contributed by atoms with van der Waals surface area (Å²) in [5.74, 6) is 1.00. The van der Waals surface area contributed by atoms with Crippen molar-refractivity contribution in [2.75, 3.05) is 0 Å². The fourth-order valence-corrected chi connectivity index (χ4v) is 6.19. The van der Waals surface area contributed by atoms with Crippen molar-refractivity contribution < 1.29 is 0 Å². The van der Waals surface area contributed by atoms with E-state index in [9.17, 15) is 0 Å². The van der Waals surface area contributed by atoms with E-state index in [4.69, 9.17) is 0 Å². The molecule has 0 aromatic carbocycles. The lowest BCUT2D eigenvalue weighted by Gasteiger charge is -1.98. The van der Waals surface area contributed by atoms with Crippen LogP contribution in [0.4, 0.5) is 0 Å². The summed E-state index contributed by atoms with van der Waals surface area (Å²) >= 11 is 11.3. The Hall–Kier alpha value is -1.29. The quantitative estimate of drug-likeness (QED) is 0.235. The standard InChI is InChI=1S/C22H18S5/c1-2-3-15-24-16-18-9-11-20(26-18)22-13-12-21(27-22)19-10-8-17(25-19)7-5-4-6-14-23/h2-6,9,11-15,23H,1,7,16H2/b5-4+,14-6-,15-3-. The third-order valence-corrected chi connectivity index (χ3v) is 8.18. The van der Waals surface area contributed by atoms with Crippen LogP contribution in [0.25, 0.3) is 14.7 Å². The first kappa shape index (κ1) is 20.4. The molecule has 0 bridgehead atoms. The van der Waals surface area contributed by atoms with Crippen molar-refractivity contribution in [3.63, 3.8) is 0 Å². The Kier molecular flexibility index (Phi) is 8.25. The van der Waals surface area contributed by atoms with Crippen molar-refractivity contribution in [3.8, 4) is 9.75 Å². The molecule has 0 saturated carbocycles. The Morgan fingerprint density at radius 1 is 1.00 bits per heavy atom. The molecule has 1 aliphatic heterocycles. The summed E-state index contributed by atoms with van der Waals surface area (Å²) < 4.78 is 0. The van der Waals surface area contributed by atoms with Crippen LogP contribution in [0.1, 0.15) is 16.2 Å². The van der Waals surface area contributed by atoms with E-state index >= 15 is 0 Å². The summed E-state index contributed by atoms with van der Waals surface area (Å²) in [7, 11) is 0. The summed E-state index contributed by atoms with van der Waals surface area (Å²) in [5, 5.41) is 3.81. The SMILES string of the molecule is C=C/C=C\SCc1ccc(-c2ccc(C3=C=C=C(C/C=C/C=C\S)S3)s2)s1. The maximum Gasteiger partial charge on any atom is 0.0801 e. The number of rotatable bonds is 9. The molecule has 0 unspecified atom stereocenters. The molecule has 0 radical (unpaired) electrons. The number of thiophene rings is 2. The fourth-order valence-electron chi connectivity index (χ4n) is 2.23. The minimum Gasteiger partial charge on any atom is -0.151 e. The minimum absolute atomic E-state index is 0.879. The molecule has 0 N–H and O–H groups in total. The van der Waals surface area contributed by atoms with Crippen LogP contribution in [0.15, 0.2) is 88.4 Å². The number of hydrogen-bond donors (Lipinski definition) is 1. The van der Waals surface area contributed by atoms with Gasteiger partial charge in [-0.3, -0.25) is 0 Å². The van der Waals surface area contributed by atoms with Gasteiger partial charge in [-0.25, -0.2) is 0 Å². The van der Waals surface area contributed by atoms with Crippen LogP contribution >= 0.6 is 58.8 Å². The van der Waals surface area contributed by atoms with Gasteiger partial charge in [-0.05, 0) is 35.1 Å². The first-order valence-electron chi connectivity index (χ1n) is 8.27. The summed E-state index contributed by atoms with van der Waals surface area (Å²) in [6.45, 7) is 3.69. The molecular weight excluding hydrogens is 425 g/mol. The summed E-state index contributed by atoms with van der Waals surface area (Å²) in [5.41, 5.74) is 6.55. The van der Waals surface area contributed by atoms with Gasteiger partial charge in [-0.15, -0.1) is 34.4 Å². The van der Waals surface area contributed by atoms with Crippen molar-refractivity contribution in [3.05, 3.63) is 98.2 Å². The van der Waals surface area contributed by atoms with Crippen LogP contribution in [0.3, 0.4) is 0 Å². The highest BCUT2D eigenvalue weighted by molar-refractivity contribution is 8.12. The molecule has 0 amide bonds. The van der Waals surface area contributed by atoms with Crippen LogP contribution in [0, 0.1) is 0 Å². The molecule has 0 atom stereocenters. The predicted octanol–water partition coefficient (Wildman–Crippen LogP) is 8.52. The maximum absolute atomic E-state index is 4.04. The Labute approximate surface area is 182 Å². The van der Waals surface area contributed by atoms with Crippen molar-refractivity contribution in [1.29, 1.82) is 0 Å². The van der Waals surface area contributed by atoms with Gasteiger partial charge in [0.15, 0.2) is 0 Å². The topological polar surface area (TPSA) is 0 Å². The average molecular weight is 443 g/mol. The second-order valence-corrected chi connectivity index (χ2v) is 9.93. The zero-order valence-electron chi connectivity index (χ0n) is 14.6. The summed E-state index contributed by atoms with van der Waals surface area (Å²) in [4.78, 5) is 7.66. The lowest BCUT2D eigenvalue weighted by Crippen LogP contribution is -1.71. The second kappa shape index (κ2) is 10.9. The van der Waals surface area contributed by atoms with Crippen LogP contribution in [0.2, 0.25) is 0 Å². The van der Waals surface area contributed by atoms with Gasteiger partial charge < -0.3 is 0 Å². The normalized spacial score (nSPS) is 14.0. The number of allylic oxidation sites excluding steroid dienone is 6. The number of thioether (sulfide) groups is 2.